The van der Waals surface area contributed by atoms with Crippen LogP contribution in [0.15, 0.2) is 18.2 Å². The van der Waals surface area contributed by atoms with Crippen LogP contribution in [0, 0.1) is 15.9 Å². The molecule has 1 N–H and O–H groups in total. The Kier molecular flexibility index (Phi) is 3.71. The van der Waals surface area contributed by atoms with Gasteiger partial charge in [0.15, 0.2) is 0 Å². The molecule has 0 spiro atoms. The number of rotatable bonds is 2. The number of likely N-dealkylation sites (tertiary alicyclic amines) is 1. The summed E-state index contributed by atoms with van der Waals surface area (Å²) < 4.78 is 13.1. The largest absolute Gasteiger partial charge is 0.390 e. The molecule has 0 aromatic heterocycles. The molecule has 6 nitrogen and oxygen atoms in total. The van der Waals surface area contributed by atoms with Crippen LogP contribution in [0.4, 0.5) is 10.1 Å². The summed E-state index contributed by atoms with van der Waals surface area (Å²) in [6.45, 7) is 2.33. The fourth-order valence-electron chi connectivity index (χ4n) is 2.20. The minimum atomic E-state index is -0.814. The van der Waals surface area contributed by atoms with Crippen molar-refractivity contribution < 1.29 is 19.2 Å². The van der Waals surface area contributed by atoms with E-state index in [1.807, 2.05) is 0 Å². The highest BCUT2D eigenvalue weighted by atomic mass is 19.1. The summed E-state index contributed by atoms with van der Waals surface area (Å²) in [5.41, 5.74) is -1.48. The van der Waals surface area contributed by atoms with Gasteiger partial charge in [0.25, 0.3) is 11.6 Å². The van der Waals surface area contributed by atoms with Crippen molar-refractivity contribution in [2.75, 3.05) is 13.1 Å². The van der Waals surface area contributed by atoms with E-state index in [-0.39, 0.29) is 5.56 Å². The average Bonchev–Trinajstić information content (AvgIpc) is 2.37. The van der Waals surface area contributed by atoms with Gasteiger partial charge in [0.1, 0.15) is 11.4 Å². The van der Waals surface area contributed by atoms with Crippen molar-refractivity contribution in [3.63, 3.8) is 0 Å². The summed E-state index contributed by atoms with van der Waals surface area (Å²) in [5, 5.41) is 20.7. The number of piperidine rings is 1. The molecule has 7 heteroatoms. The second kappa shape index (κ2) is 5.16. The molecule has 1 aliphatic rings. The Labute approximate surface area is 115 Å². The molecule has 0 unspecified atom stereocenters. The van der Waals surface area contributed by atoms with Crippen LogP contribution in [0.1, 0.15) is 30.1 Å². The second-order valence-corrected chi connectivity index (χ2v) is 5.21. The molecule has 1 aliphatic heterocycles. The van der Waals surface area contributed by atoms with Crippen LogP contribution in [0.3, 0.4) is 0 Å². The highest BCUT2D eigenvalue weighted by molar-refractivity contribution is 5.98. The van der Waals surface area contributed by atoms with Gasteiger partial charge in [-0.1, -0.05) is 0 Å². The Balaban J connectivity index is 2.24. The van der Waals surface area contributed by atoms with E-state index in [9.17, 15) is 24.4 Å². The van der Waals surface area contributed by atoms with E-state index in [1.54, 1.807) is 6.92 Å². The molecular formula is C13H15FN2O4. The first-order valence-electron chi connectivity index (χ1n) is 6.26. The minimum Gasteiger partial charge on any atom is -0.390 e. The Hall–Kier alpha value is -2.02. The summed E-state index contributed by atoms with van der Waals surface area (Å²) in [6.07, 6.45) is 0.821. The predicted molar refractivity (Wildman–Crippen MR) is 68.8 cm³/mol. The quantitative estimate of drug-likeness (QED) is 0.661. The number of carbonyl (C=O) groups excluding carboxylic acids is 1. The SMILES string of the molecule is CC1(O)CCN(C(=O)c2ccc(F)cc2[N+](=O)[O-])CC1. The zero-order chi connectivity index (χ0) is 14.9. The van der Waals surface area contributed by atoms with Crippen LogP contribution in [-0.4, -0.2) is 39.5 Å². The van der Waals surface area contributed by atoms with Gasteiger partial charge >= 0.3 is 0 Å². The van der Waals surface area contributed by atoms with Crippen LogP contribution in [-0.2, 0) is 0 Å². The normalized spacial score (nSPS) is 17.9. The zero-order valence-electron chi connectivity index (χ0n) is 11.0. The van der Waals surface area contributed by atoms with Crippen molar-refractivity contribution in [1.29, 1.82) is 0 Å². The number of halogens is 1. The van der Waals surface area contributed by atoms with Crippen molar-refractivity contribution >= 4 is 11.6 Å². The molecular weight excluding hydrogens is 267 g/mol. The van der Waals surface area contributed by atoms with Crippen molar-refractivity contribution in [3.05, 3.63) is 39.7 Å². The zero-order valence-corrected chi connectivity index (χ0v) is 11.0. The minimum absolute atomic E-state index is 0.127. The lowest BCUT2D eigenvalue weighted by molar-refractivity contribution is -0.385. The van der Waals surface area contributed by atoms with Crippen LogP contribution in [0.5, 0.6) is 0 Å². The maximum Gasteiger partial charge on any atom is 0.285 e. The third-order valence-electron chi connectivity index (χ3n) is 3.51. The molecule has 0 atom stereocenters. The fraction of sp³-hybridized carbons (Fsp3) is 0.462. The number of nitro benzene ring substituents is 1. The first-order valence-corrected chi connectivity index (χ1v) is 6.26. The molecule has 1 aromatic carbocycles. The van der Waals surface area contributed by atoms with Crippen molar-refractivity contribution in [1.82, 2.24) is 4.90 Å². The lowest BCUT2D eigenvalue weighted by Crippen LogP contribution is -2.45. The van der Waals surface area contributed by atoms with Crippen molar-refractivity contribution in [3.8, 4) is 0 Å². The Morgan fingerprint density at radius 1 is 1.45 bits per heavy atom. The third-order valence-corrected chi connectivity index (χ3v) is 3.51. The number of aliphatic hydroxyl groups is 1. The topological polar surface area (TPSA) is 83.7 Å². The number of amides is 1. The summed E-state index contributed by atoms with van der Waals surface area (Å²) in [7, 11) is 0. The summed E-state index contributed by atoms with van der Waals surface area (Å²) in [6, 6.07) is 2.90. The van der Waals surface area contributed by atoms with E-state index >= 15 is 0 Å². The monoisotopic (exact) mass is 282 g/mol. The average molecular weight is 282 g/mol. The molecule has 0 radical (unpaired) electrons. The van der Waals surface area contributed by atoms with Gasteiger partial charge in [-0.2, -0.15) is 0 Å². The summed E-state index contributed by atoms with van der Waals surface area (Å²) in [5.74, 6) is -1.26. The summed E-state index contributed by atoms with van der Waals surface area (Å²) >= 11 is 0. The van der Waals surface area contributed by atoms with Gasteiger partial charge in [-0.25, -0.2) is 4.39 Å². The fourth-order valence-corrected chi connectivity index (χ4v) is 2.20. The van der Waals surface area contributed by atoms with E-state index in [4.69, 9.17) is 0 Å². The smallest absolute Gasteiger partial charge is 0.285 e. The number of nitro groups is 1. The van der Waals surface area contributed by atoms with E-state index in [0.29, 0.717) is 25.9 Å². The van der Waals surface area contributed by atoms with E-state index < -0.39 is 27.9 Å². The van der Waals surface area contributed by atoms with E-state index in [2.05, 4.69) is 0 Å². The highest BCUT2D eigenvalue weighted by Crippen LogP contribution is 2.26. The van der Waals surface area contributed by atoms with Crippen LogP contribution < -0.4 is 0 Å². The molecule has 1 aromatic rings. The van der Waals surface area contributed by atoms with Crippen LogP contribution in [0.25, 0.3) is 0 Å². The van der Waals surface area contributed by atoms with Gasteiger partial charge in [-0.3, -0.25) is 14.9 Å². The molecule has 20 heavy (non-hydrogen) atoms. The van der Waals surface area contributed by atoms with Gasteiger partial charge in [0, 0.05) is 13.1 Å². The molecule has 1 amide bonds. The number of nitrogens with zero attached hydrogens (tertiary/aromatic N) is 2. The molecule has 1 fully saturated rings. The Bertz CT molecular complexity index is 549. The number of hydrogen-bond donors (Lipinski definition) is 1. The van der Waals surface area contributed by atoms with Crippen molar-refractivity contribution in [2.45, 2.75) is 25.4 Å². The first kappa shape index (κ1) is 14.4. The third kappa shape index (κ3) is 2.93. The Morgan fingerprint density at radius 2 is 2.05 bits per heavy atom. The molecule has 1 heterocycles. The number of benzene rings is 1. The lowest BCUT2D eigenvalue weighted by Gasteiger charge is -2.35. The van der Waals surface area contributed by atoms with Gasteiger partial charge in [-0.15, -0.1) is 0 Å². The second-order valence-electron chi connectivity index (χ2n) is 5.21. The number of carbonyl (C=O) groups is 1. The molecule has 108 valence electrons. The molecule has 0 bridgehead atoms. The maximum atomic E-state index is 13.1. The van der Waals surface area contributed by atoms with Gasteiger partial charge in [0.2, 0.25) is 0 Å². The van der Waals surface area contributed by atoms with Crippen LogP contribution >= 0.6 is 0 Å². The van der Waals surface area contributed by atoms with E-state index in [1.165, 1.54) is 4.90 Å². The van der Waals surface area contributed by atoms with Gasteiger partial charge < -0.3 is 10.0 Å². The standard InChI is InChI=1S/C13H15FN2O4/c1-13(18)4-6-15(7-5-13)12(17)10-3-2-9(14)8-11(10)16(19)20/h2-3,8,18H,4-7H2,1H3. The molecule has 1 saturated heterocycles. The lowest BCUT2D eigenvalue weighted by atomic mass is 9.93. The molecule has 0 aliphatic carbocycles. The molecule has 2 rings (SSSR count). The van der Waals surface area contributed by atoms with Gasteiger partial charge in [0.05, 0.1) is 16.6 Å². The highest BCUT2D eigenvalue weighted by Gasteiger charge is 2.32. The number of hydrogen-bond acceptors (Lipinski definition) is 4. The van der Waals surface area contributed by atoms with Crippen molar-refractivity contribution in [2.24, 2.45) is 0 Å². The van der Waals surface area contributed by atoms with Gasteiger partial charge in [-0.05, 0) is 31.9 Å². The van der Waals surface area contributed by atoms with E-state index in [0.717, 1.165) is 18.2 Å². The van der Waals surface area contributed by atoms with Crippen LogP contribution in [0.2, 0.25) is 0 Å². The Morgan fingerprint density at radius 3 is 2.60 bits per heavy atom. The first-order chi connectivity index (χ1) is 9.30. The molecule has 0 saturated carbocycles. The maximum absolute atomic E-state index is 13.1. The predicted octanol–water partition coefficient (Wildman–Crippen LogP) is 1.72. The summed E-state index contributed by atoms with van der Waals surface area (Å²) in [4.78, 5) is 23.8.